The van der Waals surface area contributed by atoms with E-state index < -0.39 is 11.9 Å². The lowest BCUT2D eigenvalue weighted by atomic mass is 10.0. The van der Waals surface area contributed by atoms with E-state index in [-0.39, 0.29) is 23.6 Å². The van der Waals surface area contributed by atoms with Crippen LogP contribution in [0.1, 0.15) is 40.3 Å². The lowest BCUT2D eigenvalue weighted by Crippen LogP contribution is -2.50. The summed E-state index contributed by atoms with van der Waals surface area (Å²) in [6, 6.07) is 9.50. The van der Waals surface area contributed by atoms with Crippen molar-refractivity contribution in [3.05, 3.63) is 59.5 Å². The summed E-state index contributed by atoms with van der Waals surface area (Å²) in [5.41, 5.74) is 1.45. The van der Waals surface area contributed by atoms with E-state index in [1.165, 1.54) is 13.4 Å². The maximum Gasteiger partial charge on any atom is 0.337 e. The van der Waals surface area contributed by atoms with Crippen molar-refractivity contribution >= 4 is 17.8 Å². The Kier molecular flexibility index (Phi) is 7.16. The van der Waals surface area contributed by atoms with Gasteiger partial charge >= 0.3 is 5.97 Å². The number of benzene rings is 1. The van der Waals surface area contributed by atoms with E-state index in [9.17, 15) is 14.4 Å². The highest BCUT2D eigenvalue weighted by molar-refractivity contribution is 5.95. The summed E-state index contributed by atoms with van der Waals surface area (Å²) in [6.45, 7) is 4.13. The fourth-order valence-corrected chi connectivity index (χ4v) is 2.52. The molecule has 27 heavy (non-hydrogen) atoms. The number of amides is 2. The Morgan fingerprint density at radius 1 is 1.11 bits per heavy atom. The van der Waals surface area contributed by atoms with Crippen LogP contribution in [0.3, 0.4) is 0 Å². The zero-order valence-electron chi connectivity index (χ0n) is 15.7. The molecule has 1 unspecified atom stereocenters. The van der Waals surface area contributed by atoms with Crippen LogP contribution in [-0.2, 0) is 16.0 Å². The summed E-state index contributed by atoms with van der Waals surface area (Å²) >= 11 is 0. The maximum absolute atomic E-state index is 12.4. The van der Waals surface area contributed by atoms with Gasteiger partial charge in [-0.15, -0.1) is 0 Å². The first-order chi connectivity index (χ1) is 12.9. The molecule has 1 aromatic heterocycles. The molecule has 0 bridgehead atoms. The highest BCUT2D eigenvalue weighted by Gasteiger charge is 2.25. The number of hydrogen-bond donors (Lipinski definition) is 2. The molecule has 2 amide bonds. The monoisotopic (exact) mass is 372 g/mol. The van der Waals surface area contributed by atoms with Gasteiger partial charge in [-0.25, -0.2) is 4.79 Å². The van der Waals surface area contributed by atoms with Crippen LogP contribution in [-0.4, -0.2) is 37.5 Å². The molecule has 0 aliphatic rings. The van der Waals surface area contributed by atoms with Crippen molar-refractivity contribution in [1.29, 1.82) is 0 Å². The van der Waals surface area contributed by atoms with E-state index in [0.29, 0.717) is 18.5 Å². The highest BCUT2D eigenvalue weighted by atomic mass is 16.5. The van der Waals surface area contributed by atoms with Crippen LogP contribution in [0.2, 0.25) is 0 Å². The first-order valence-electron chi connectivity index (χ1n) is 8.71. The summed E-state index contributed by atoms with van der Waals surface area (Å²) in [5, 5.41) is 5.53. The number of furan rings is 1. The van der Waals surface area contributed by atoms with E-state index in [2.05, 4.69) is 15.4 Å². The van der Waals surface area contributed by atoms with Gasteiger partial charge in [-0.3, -0.25) is 9.59 Å². The van der Waals surface area contributed by atoms with Gasteiger partial charge in [-0.2, -0.15) is 0 Å². The Hall–Kier alpha value is -3.09. The number of hydrogen-bond acceptors (Lipinski definition) is 5. The minimum absolute atomic E-state index is 0.0803. The number of nitrogens with one attached hydrogen (secondary N) is 2. The van der Waals surface area contributed by atoms with Gasteiger partial charge in [-0.1, -0.05) is 26.0 Å². The molecular formula is C20H24N2O5. The molecule has 0 saturated heterocycles. The summed E-state index contributed by atoms with van der Waals surface area (Å²) < 4.78 is 9.71. The van der Waals surface area contributed by atoms with E-state index in [1.54, 1.807) is 24.3 Å². The van der Waals surface area contributed by atoms with Crippen molar-refractivity contribution in [3.63, 3.8) is 0 Å². The lowest BCUT2D eigenvalue weighted by Gasteiger charge is -2.21. The second kappa shape index (κ2) is 9.56. The molecule has 1 atom stereocenters. The van der Waals surface area contributed by atoms with Crippen LogP contribution in [0.25, 0.3) is 0 Å². The SMILES string of the molecule is COC(=O)c1ccc(CCNC(=O)C(NC(=O)c2ccco2)C(C)C)cc1. The van der Waals surface area contributed by atoms with E-state index in [0.717, 1.165) is 5.56 Å². The van der Waals surface area contributed by atoms with Crippen LogP contribution >= 0.6 is 0 Å². The van der Waals surface area contributed by atoms with Gasteiger partial charge in [0.25, 0.3) is 5.91 Å². The zero-order valence-corrected chi connectivity index (χ0v) is 15.7. The maximum atomic E-state index is 12.4. The Morgan fingerprint density at radius 2 is 1.81 bits per heavy atom. The molecule has 0 aliphatic heterocycles. The van der Waals surface area contributed by atoms with Gasteiger partial charge < -0.3 is 19.8 Å². The van der Waals surface area contributed by atoms with Crippen molar-refractivity contribution in [2.75, 3.05) is 13.7 Å². The molecule has 0 radical (unpaired) electrons. The van der Waals surface area contributed by atoms with Gasteiger partial charge in [-0.05, 0) is 42.2 Å². The molecule has 1 heterocycles. The summed E-state index contributed by atoms with van der Waals surface area (Å²) in [4.78, 5) is 36.0. The van der Waals surface area contributed by atoms with Crippen LogP contribution in [0, 0.1) is 5.92 Å². The molecule has 1 aromatic carbocycles. The topological polar surface area (TPSA) is 97.6 Å². The number of ether oxygens (including phenoxy) is 1. The third kappa shape index (κ3) is 5.70. The minimum atomic E-state index is -0.663. The third-order valence-electron chi connectivity index (χ3n) is 4.07. The molecule has 7 nitrogen and oxygen atoms in total. The van der Waals surface area contributed by atoms with Gasteiger partial charge in [0.2, 0.25) is 5.91 Å². The molecule has 2 rings (SSSR count). The fourth-order valence-electron chi connectivity index (χ4n) is 2.52. The van der Waals surface area contributed by atoms with Gasteiger partial charge in [0, 0.05) is 6.54 Å². The van der Waals surface area contributed by atoms with Crippen LogP contribution in [0.4, 0.5) is 0 Å². The van der Waals surface area contributed by atoms with Crippen molar-refractivity contribution in [2.45, 2.75) is 26.3 Å². The van der Waals surface area contributed by atoms with E-state index in [1.807, 2.05) is 26.0 Å². The molecular weight excluding hydrogens is 348 g/mol. The lowest BCUT2D eigenvalue weighted by molar-refractivity contribution is -0.123. The number of esters is 1. The van der Waals surface area contributed by atoms with Crippen molar-refractivity contribution in [2.24, 2.45) is 5.92 Å². The molecule has 2 N–H and O–H groups in total. The van der Waals surface area contributed by atoms with E-state index in [4.69, 9.17) is 4.42 Å². The van der Waals surface area contributed by atoms with Crippen LogP contribution in [0.5, 0.6) is 0 Å². The van der Waals surface area contributed by atoms with Crippen molar-refractivity contribution in [1.82, 2.24) is 10.6 Å². The Balaban J connectivity index is 1.86. The number of rotatable bonds is 8. The van der Waals surface area contributed by atoms with Crippen molar-refractivity contribution < 1.29 is 23.5 Å². The van der Waals surface area contributed by atoms with Crippen LogP contribution < -0.4 is 10.6 Å². The number of carbonyl (C=O) groups excluding carboxylic acids is 3. The predicted molar refractivity (Wildman–Crippen MR) is 99.3 cm³/mol. The van der Waals surface area contributed by atoms with E-state index >= 15 is 0 Å². The smallest absolute Gasteiger partial charge is 0.337 e. The molecule has 7 heteroatoms. The molecule has 0 saturated carbocycles. The molecule has 0 spiro atoms. The summed E-state index contributed by atoms with van der Waals surface area (Å²) in [5.74, 6) is -0.979. The van der Waals surface area contributed by atoms with Gasteiger partial charge in [0.05, 0.1) is 18.9 Å². The van der Waals surface area contributed by atoms with Crippen LogP contribution in [0.15, 0.2) is 47.1 Å². The number of carbonyl (C=O) groups is 3. The van der Waals surface area contributed by atoms with Crippen molar-refractivity contribution in [3.8, 4) is 0 Å². The predicted octanol–water partition coefficient (Wildman–Crippen LogP) is 2.18. The molecule has 2 aromatic rings. The summed E-state index contributed by atoms with van der Waals surface area (Å²) in [6.07, 6.45) is 2.01. The third-order valence-corrected chi connectivity index (χ3v) is 4.07. The Bertz CT molecular complexity index is 766. The summed E-state index contributed by atoms with van der Waals surface area (Å²) in [7, 11) is 1.33. The Labute approximate surface area is 158 Å². The first-order valence-corrected chi connectivity index (χ1v) is 8.71. The van der Waals surface area contributed by atoms with Gasteiger partial charge in [0.15, 0.2) is 5.76 Å². The average Bonchev–Trinajstić information content (AvgIpc) is 3.20. The Morgan fingerprint density at radius 3 is 2.37 bits per heavy atom. The minimum Gasteiger partial charge on any atom is -0.465 e. The second-order valence-corrected chi connectivity index (χ2v) is 6.40. The largest absolute Gasteiger partial charge is 0.465 e. The number of methoxy groups -OCH3 is 1. The highest BCUT2D eigenvalue weighted by Crippen LogP contribution is 2.08. The average molecular weight is 372 g/mol. The second-order valence-electron chi connectivity index (χ2n) is 6.40. The molecule has 144 valence electrons. The van der Waals surface area contributed by atoms with Gasteiger partial charge in [0.1, 0.15) is 6.04 Å². The molecule has 0 fully saturated rings. The molecule has 0 aliphatic carbocycles. The fraction of sp³-hybridized carbons (Fsp3) is 0.350. The standard InChI is InChI=1S/C20H24N2O5/c1-13(2)17(22-18(23)16-5-4-12-27-16)19(24)21-11-10-14-6-8-15(9-7-14)20(25)26-3/h4-9,12-13,17H,10-11H2,1-3H3,(H,21,24)(H,22,23). The first kappa shape index (κ1) is 20.2. The zero-order chi connectivity index (χ0) is 19.8. The normalized spacial score (nSPS) is 11.7. The quantitative estimate of drug-likeness (QED) is 0.692.